The SMILES string of the molecule is CCC(O)C(CCN(C)C)c1ccccc1. The zero-order valence-corrected chi connectivity index (χ0v) is 10.6. The molecule has 2 atom stereocenters. The first-order chi connectivity index (χ1) is 7.65. The lowest BCUT2D eigenvalue weighted by Crippen LogP contribution is -2.23. The van der Waals surface area contributed by atoms with Crippen molar-refractivity contribution in [1.82, 2.24) is 4.90 Å². The minimum absolute atomic E-state index is 0.234. The molecule has 0 fully saturated rings. The highest BCUT2D eigenvalue weighted by molar-refractivity contribution is 5.20. The number of aliphatic hydroxyl groups is 1. The number of hydrogen-bond acceptors (Lipinski definition) is 2. The van der Waals surface area contributed by atoms with Crippen LogP contribution in [0.4, 0.5) is 0 Å². The lowest BCUT2D eigenvalue weighted by Gasteiger charge is -2.24. The van der Waals surface area contributed by atoms with Crippen LogP contribution in [0.25, 0.3) is 0 Å². The number of benzene rings is 1. The highest BCUT2D eigenvalue weighted by Crippen LogP contribution is 2.25. The molecule has 0 bridgehead atoms. The molecule has 0 saturated heterocycles. The summed E-state index contributed by atoms with van der Waals surface area (Å²) in [6.45, 7) is 3.05. The van der Waals surface area contributed by atoms with Crippen LogP contribution in [0.1, 0.15) is 31.2 Å². The summed E-state index contributed by atoms with van der Waals surface area (Å²) in [6, 6.07) is 10.3. The Bertz CT molecular complexity index is 284. The van der Waals surface area contributed by atoms with Gasteiger partial charge in [0, 0.05) is 5.92 Å². The first-order valence-electron chi connectivity index (χ1n) is 6.03. The maximum absolute atomic E-state index is 10.1. The molecule has 0 heterocycles. The number of hydrogen-bond donors (Lipinski definition) is 1. The summed E-state index contributed by atoms with van der Waals surface area (Å²) in [7, 11) is 4.14. The molecule has 1 aromatic rings. The Morgan fingerprint density at radius 1 is 1.19 bits per heavy atom. The molecule has 0 radical (unpaired) electrons. The van der Waals surface area contributed by atoms with Gasteiger partial charge in [-0.3, -0.25) is 0 Å². The van der Waals surface area contributed by atoms with Gasteiger partial charge in [0.15, 0.2) is 0 Å². The van der Waals surface area contributed by atoms with E-state index >= 15 is 0 Å². The van der Waals surface area contributed by atoms with Crippen LogP contribution in [0, 0.1) is 0 Å². The number of rotatable bonds is 6. The molecule has 0 spiro atoms. The second-order valence-corrected chi connectivity index (χ2v) is 4.58. The Balaban J connectivity index is 2.71. The lowest BCUT2D eigenvalue weighted by molar-refractivity contribution is 0.130. The fraction of sp³-hybridized carbons (Fsp3) is 0.571. The molecule has 1 rings (SSSR count). The molecule has 16 heavy (non-hydrogen) atoms. The average molecular weight is 221 g/mol. The average Bonchev–Trinajstić information content (AvgIpc) is 2.30. The van der Waals surface area contributed by atoms with Crippen molar-refractivity contribution in [2.75, 3.05) is 20.6 Å². The van der Waals surface area contributed by atoms with E-state index in [2.05, 4.69) is 31.1 Å². The monoisotopic (exact) mass is 221 g/mol. The van der Waals surface area contributed by atoms with E-state index in [9.17, 15) is 5.11 Å². The zero-order chi connectivity index (χ0) is 12.0. The van der Waals surface area contributed by atoms with Gasteiger partial charge in [-0.05, 0) is 39.0 Å². The molecular weight excluding hydrogens is 198 g/mol. The Kier molecular flexibility index (Phi) is 5.50. The van der Waals surface area contributed by atoms with Crippen LogP contribution in [0.15, 0.2) is 30.3 Å². The van der Waals surface area contributed by atoms with Crippen LogP contribution in [0.3, 0.4) is 0 Å². The van der Waals surface area contributed by atoms with E-state index in [1.54, 1.807) is 0 Å². The van der Waals surface area contributed by atoms with Gasteiger partial charge in [-0.25, -0.2) is 0 Å². The quantitative estimate of drug-likeness (QED) is 0.798. The van der Waals surface area contributed by atoms with Gasteiger partial charge in [0.1, 0.15) is 0 Å². The molecule has 1 N–H and O–H groups in total. The number of aliphatic hydroxyl groups excluding tert-OH is 1. The molecule has 2 nitrogen and oxygen atoms in total. The molecule has 0 aromatic heterocycles. The standard InChI is InChI=1S/C14H23NO/c1-4-14(16)13(10-11-15(2)3)12-8-6-5-7-9-12/h5-9,13-14,16H,4,10-11H2,1-3H3. The summed E-state index contributed by atoms with van der Waals surface area (Å²) < 4.78 is 0. The van der Waals surface area contributed by atoms with Gasteiger partial charge in [-0.15, -0.1) is 0 Å². The first-order valence-corrected chi connectivity index (χ1v) is 6.03. The van der Waals surface area contributed by atoms with E-state index in [1.807, 2.05) is 25.1 Å². The van der Waals surface area contributed by atoms with Crippen LogP contribution in [-0.4, -0.2) is 36.8 Å². The van der Waals surface area contributed by atoms with Gasteiger partial charge < -0.3 is 10.0 Å². The fourth-order valence-corrected chi connectivity index (χ4v) is 1.96. The van der Waals surface area contributed by atoms with E-state index in [4.69, 9.17) is 0 Å². The van der Waals surface area contributed by atoms with Crippen molar-refractivity contribution in [3.05, 3.63) is 35.9 Å². The summed E-state index contributed by atoms with van der Waals surface area (Å²) in [4.78, 5) is 2.16. The number of nitrogens with zero attached hydrogens (tertiary/aromatic N) is 1. The molecule has 0 amide bonds. The molecule has 90 valence electrons. The molecule has 0 aliphatic rings. The molecule has 2 unspecified atom stereocenters. The van der Waals surface area contributed by atoms with Crippen LogP contribution in [0.5, 0.6) is 0 Å². The van der Waals surface area contributed by atoms with Crippen molar-refractivity contribution in [3.63, 3.8) is 0 Å². The molecule has 2 heteroatoms. The van der Waals surface area contributed by atoms with Crippen molar-refractivity contribution in [1.29, 1.82) is 0 Å². The minimum atomic E-state index is -0.234. The predicted molar refractivity (Wildman–Crippen MR) is 68.7 cm³/mol. The summed E-state index contributed by atoms with van der Waals surface area (Å²) in [5.41, 5.74) is 1.25. The van der Waals surface area contributed by atoms with Gasteiger partial charge in [-0.2, -0.15) is 0 Å². The Morgan fingerprint density at radius 2 is 1.81 bits per heavy atom. The zero-order valence-electron chi connectivity index (χ0n) is 10.6. The van der Waals surface area contributed by atoms with E-state index in [1.165, 1.54) is 5.56 Å². The largest absolute Gasteiger partial charge is 0.393 e. The molecular formula is C14H23NO. The summed E-state index contributed by atoms with van der Waals surface area (Å²) in [6.07, 6.45) is 1.58. The summed E-state index contributed by atoms with van der Waals surface area (Å²) in [5, 5.41) is 10.1. The third-order valence-electron chi connectivity index (χ3n) is 3.00. The van der Waals surface area contributed by atoms with Gasteiger partial charge in [0.2, 0.25) is 0 Å². The van der Waals surface area contributed by atoms with Crippen molar-refractivity contribution >= 4 is 0 Å². The van der Waals surface area contributed by atoms with Gasteiger partial charge in [0.25, 0.3) is 0 Å². The van der Waals surface area contributed by atoms with Gasteiger partial charge >= 0.3 is 0 Å². The summed E-state index contributed by atoms with van der Waals surface area (Å²) >= 11 is 0. The fourth-order valence-electron chi connectivity index (χ4n) is 1.96. The van der Waals surface area contributed by atoms with Crippen LogP contribution in [0.2, 0.25) is 0 Å². The molecule has 0 saturated carbocycles. The van der Waals surface area contributed by atoms with Crippen LogP contribution in [-0.2, 0) is 0 Å². The second kappa shape index (κ2) is 6.66. The summed E-state index contributed by atoms with van der Waals surface area (Å²) in [5.74, 6) is 0.258. The minimum Gasteiger partial charge on any atom is -0.393 e. The smallest absolute Gasteiger partial charge is 0.0606 e. The van der Waals surface area contributed by atoms with Crippen molar-refractivity contribution in [3.8, 4) is 0 Å². The van der Waals surface area contributed by atoms with Crippen LogP contribution >= 0.6 is 0 Å². The van der Waals surface area contributed by atoms with Crippen LogP contribution < -0.4 is 0 Å². The highest BCUT2D eigenvalue weighted by atomic mass is 16.3. The Hall–Kier alpha value is -0.860. The van der Waals surface area contributed by atoms with Crippen molar-refractivity contribution < 1.29 is 5.11 Å². The van der Waals surface area contributed by atoms with Gasteiger partial charge in [-0.1, -0.05) is 37.3 Å². The normalized spacial score (nSPS) is 15.1. The molecule has 0 aliphatic carbocycles. The first kappa shape index (κ1) is 13.2. The van der Waals surface area contributed by atoms with E-state index in [-0.39, 0.29) is 12.0 Å². The lowest BCUT2D eigenvalue weighted by atomic mass is 9.89. The molecule has 0 aliphatic heterocycles. The van der Waals surface area contributed by atoms with E-state index < -0.39 is 0 Å². The van der Waals surface area contributed by atoms with Gasteiger partial charge in [0.05, 0.1) is 6.10 Å². The molecule has 1 aromatic carbocycles. The Morgan fingerprint density at radius 3 is 2.31 bits per heavy atom. The predicted octanol–water partition coefficient (Wildman–Crippen LogP) is 2.49. The topological polar surface area (TPSA) is 23.5 Å². The maximum Gasteiger partial charge on any atom is 0.0606 e. The third-order valence-corrected chi connectivity index (χ3v) is 3.00. The second-order valence-electron chi connectivity index (χ2n) is 4.58. The maximum atomic E-state index is 10.1. The van der Waals surface area contributed by atoms with Crippen molar-refractivity contribution in [2.45, 2.75) is 31.8 Å². The van der Waals surface area contributed by atoms with Crippen molar-refractivity contribution in [2.24, 2.45) is 0 Å². The van der Waals surface area contributed by atoms with E-state index in [0.717, 1.165) is 19.4 Å². The Labute approximate surface area is 98.9 Å². The highest BCUT2D eigenvalue weighted by Gasteiger charge is 2.19. The third kappa shape index (κ3) is 3.95. The van der Waals surface area contributed by atoms with E-state index in [0.29, 0.717) is 0 Å².